The van der Waals surface area contributed by atoms with Gasteiger partial charge in [-0.1, -0.05) is 29.8 Å². The third-order valence-electron chi connectivity index (χ3n) is 4.68. The van der Waals surface area contributed by atoms with Crippen LogP contribution >= 0.6 is 0 Å². The summed E-state index contributed by atoms with van der Waals surface area (Å²) in [5.74, 6) is 0. The quantitative estimate of drug-likeness (QED) is 0.667. The number of benzene rings is 2. The first kappa shape index (κ1) is 18.5. The summed E-state index contributed by atoms with van der Waals surface area (Å²) in [6.45, 7) is 2.70. The van der Waals surface area contributed by atoms with E-state index in [9.17, 15) is 8.42 Å². The molecule has 138 valence electrons. The second-order valence-electron chi connectivity index (χ2n) is 6.73. The van der Waals surface area contributed by atoms with Crippen LogP contribution in [0.3, 0.4) is 0 Å². The number of anilines is 2. The monoisotopic (exact) mass is 370 g/mol. The Bertz CT molecular complexity index is 871. The molecule has 0 saturated carbocycles. The molecule has 0 saturated heterocycles. The number of aryl methyl sites for hydroxylation is 1. The Morgan fingerprint density at radius 1 is 0.962 bits per heavy atom. The molecule has 0 bridgehead atoms. The molecule has 3 rings (SSSR count). The molecule has 0 aliphatic heterocycles. The number of rotatable bonds is 7. The van der Waals surface area contributed by atoms with E-state index in [1.807, 2.05) is 18.2 Å². The van der Waals surface area contributed by atoms with Crippen LogP contribution in [0.4, 0.5) is 11.4 Å². The van der Waals surface area contributed by atoms with Crippen LogP contribution in [0, 0.1) is 6.92 Å². The average Bonchev–Trinajstić information content (AvgIpc) is 2.64. The zero-order chi connectivity index (χ0) is 18.4. The number of hydrogen-bond acceptors (Lipinski definition) is 3. The highest BCUT2D eigenvalue weighted by Crippen LogP contribution is 2.22. The van der Waals surface area contributed by atoms with Crippen molar-refractivity contribution in [3.05, 3.63) is 65.7 Å². The zero-order valence-electron chi connectivity index (χ0n) is 15.2. The first-order chi connectivity index (χ1) is 12.5. The summed E-state index contributed by atoms with van der Waals surface area (Å²) in [4.78, 5) is 0.308. The average molecular weight is 371 g/mol. The van der Waals surface area contributed by atoms with Gasteiger partial charge in [-0.3, -0.25) is 4.72 Å². The maximum Gasteiger partial charge on any atom is 0.262 e. The molecule has 0 heterocycles. The van der Waals surface area contributed by atoms with E-state index < -0.39 is 10.0 Å². The van der Waals surface area contributed by atoms with Crippen LogP contribution < -0.4 is 10.0 Å². The van der Waals surface area contributed by atoms with Gasteiger partial charge in [-0.2, -0.15) is 0 Å². The molecule has 1 aliphatic carbocycles. The third kappa shape index (κ3) is 4.88. The first-order valence-electron chi connectivity index (χ1n) is 9.15. The SMILES string of the molecule is Cc1ccccc1S(=O)(=O)Nc1ccc(NCCC2=CCCCC2)cc1. The molecule has 0 aromatic heterocycles. The van der Waals surface area contributed by atoms with E-state index in [0.717, 1.165) is 24.2 Å². The van der Waals surface area contributed by atoms with Crippen molar-refractivity contribution in [3.8, 4) is 0 Å². The van der Waals surface area contributed by atoms with Gasteiger partial charge in [0.2, 0.25) is 0 Å². The number of nitrogens with one attached hydrogen (secondary N) is 2. The van der Waals surface area contributed by atoms with Gasteiger partial charge in [-0.25, -0.2) is 8.42 Å². The Morgan fingerprint density at radius 3 is 2.38 bits per heavy atom. The molecule has 0 unspecified atom stereocenters. The summed E-state index contributed by atoms with van der Waals surface area (Å²) in [6.07, 6.45) is 8.50. The van der Waals surface area contributed by atoms with Crippen molar-refractivity contribution < 1.29 is 8.42 Å². The normalized spacial score (nSPS) is 14.6. The minimum absolute atomic E-state index is 0.308. The lowest BCUT2D eigenvalue weighted by atomic mass is 9.97. The number of allylic oxidation sites excluding steroid dienone is 1. The summed E-state index contributed by atoms with van der Waals surface area (Å²) in [5, 5.41) is 3.40. The maximum atomic E-state index is 12.5. The fourth-order valence-corrected chi connectivity index (χ4v) is 4.53. The minimum atomic E-state index is -3.57. The minimum Gasteiger partial charge on any atom is -0.385 e. The molecular formula is C21H26N2O2S. The van der Waals surface area contributed by atoms with Crippen LogP contribution in [0.1, 0.15) is 37.7 Å². The second kappa shape index (κ2) is 8.41. The smallest absolute Gasteiger partial charge is 0.262 e. The highest BCUT2D eigenvalue weighted by Gasteiger charge is 2.16. The molecule has 2 N–H and O–H groups in total. The second-order valence-corrected chi connectivity index (χ2v) is 8.38. The molecule has 26 heavy (non-hydrogen) atoms. The van der Waals surface area contributed by atoms with Gasteiger partial charge in [0.25, 0.3) is 10.0 Å². The van der Waals surface area contributed by atoms with Crippen LogP contribution in [0.25, 0.3) is 0 Å². The van der Waals surface area contributed by atoms with Gasteiger partial charge in [0, 0.05) is 17.9 Å². The van der Waals surface area contributed by atoms with Crippen molar-refractivity contribution in [1.82, 2.24) is 0 Å². The molecule has 0 spiro atoms. The molecule has 4 nitrogen and oxygen atoms in total. The van der Waals surface area contributed by atoms with E-state index in [4.69, 9.17) is 0 Å². The van der Waals surface area contributed by atoms with Crippen molar-refractivity contribution in [2.75, 3.05) is 16.6 Å². The highest BCUT2D eigenvalue weighted by molar-refractivity contribution is 7.92. The molecule has 2 aromatic carbocycles. The van der Waals surface area contributed by atoms with Crippen LogP contribution in [0.2, 0.25) is 0 Å². The molecule has 0 fully saturated rings. The topological polar surface area (TPSA) is 58.2 Å². The van der Waals surface area contributed by atoms with Crippen molar-refractivity contribution in [3.63, 3.8) is 0 Å². The van der Waals surface area contributed by atoms with Gasteiger partial charge in [0.15, 0.2) is 0 Å². The van der Waals surface area contributed by atoms with E-state index >= 15 is 0 Å². The van der Waals surface area contributed by atoms with Gasteiger partial charge in [0.05, 0.1) is 4.90 Å². The first-order valence-corrected chi connectivity index (χ1v) is 10.6. The van der Waals surface area contributed by atoms with Crippen molar-refractivity contribution >= 4 is 21.4 Å². The summed E-state index contributed by atoms with van der Waals surface area (Å²) < 4.78 is 27.7. The summed E-state index contributed by atoms with van der Waals surface area (Å²) >= 11 is 0. The Morgan fingerprint density at radius 2 is 1.69 bits per heavy atom. The molecule has 0 amide bonds. The Kier molecular flexibility index (Phi) is 5.99. The fourth-order valence-electron chi connectivity index (χ4n) is 3.22. The number of sulfonamides is 1. The summed E-state index contributed by atoms with van der Waals surface area (Å²) in [5.41, 5.74) is 3.84. The van der Waals surface area contributed by atoms with Gasteiger partial charge >= 0.3 is 0 Å². The van der Waals surface area contributed by atoms with Crippen LogP contribution in [0.15, 0.2) is 65.1 Å². The Hall–Kier alpha value is -2.27. The summed E-state index contributed by atoms with van der Waals surface area (Å²) in [7, 11) is -3.57. The number of hydrogen-bond donors (Lipinski definition) is 2. The van der Waals surface area contributed by atoms with Gasteiger partial charge in [-0.15, -0.1) is 0 Å². The van der Waals surface area contributed by atoms with Crippen LogP contribution in [-0.4, -0.2) is 15.0 Å². The highest BCUT2D eigenvalue weighted by atomic mass is 32.2. The van der Waals surface area contributed by atoms with E-state index in [0.29, 0.717) is 10.6 Å². The lowest BCUT2D eigenvalue weighted by molar-refractivity contribution is 0.600. The molecule has 0 radical (unpaired) electrons. The maximum absolute atomic E-state index is 12.5. The van der Waals surface area contributed by atoms with E-state index in [2.05, 4.69) is 16.1 Å². The van der Waals surface area contributed by atoms with Gasteiger partial charge in [-0.05, 0) is 74.9 Å². The Balaban J connectivity index is 1.57. The molecule has 5 heteroatoms. The lowest BCUT2D eigenvalue weighted by Crippen LogP contribution is -2.14. The standard InChI is InChI=1S/C21H26N2O2S/c1-17-7-5-6-10-21(17)26(24,25)23-20-13-11-19(12-14-20)22-16-15-18-8-3-2-4-9-18/h5-8,10-14,22-23H,2-4,9,15-16H2,1H3. The molecular weight excluding hydrogens is 344 g/mol. The summed E-state index contributed by atoms with van der Waals surface area (Å²) in [6, 6.07) is 14.4. The van der Waals surface area contributed by atoms with E-state index in [1.165, 1.54) is 25.7 Å². The van der Waals surface area contributed by atoms with Crippen LogP contribution in [-0.2, 0) is 10.0 Å². The van der Waals surface area contributed by atoms with E-state index in [1.54, 1.807) is 42.8 Å². The van der Waals surface area contributed by atoms with Gasteiger partial charge in [0.1, 0.15) is 0 Å². The lowest BCUT2D eigenvalue weighted by Gasteiger charge is -2.14. The van der Waals surface area contributed by atoms with Crippen LogP contribution in [0.5, 0.6) is 0 Å². The van der Waals surface area contributed by atoms with Crippen molar-refractivity contribution in [2.24, 2.45) is 0 Å². The Labute approximate surface area is 156 Å². The fraction of sp³-hybridized carbons (Fsp3) is 0.333. The predicted molar refractivity (Wildman–Crippen MR) is 108 cm³/mol. The molecule has 2 aromatic rings. The molecule has 1 aliphatic rings. The van der Waals surface area contributed by atoms with Gasteiger partial charge < -0.3 is 5.32 Å². The largest absolute Gasteiger partial charge is 0.385 e. The van der Waals surface area contributed by atoms with E-state index in [-0.39, 0.29) is 0 Å². The van der Waals surface area contributed by atoms with Crippen molar-refractivity contribution in [2.45, 2.75) is 43.9 Å². The molecule has 0 atom stereocenters. The third-order valence-corrected chi connectivity index (χ3v) is 6.22. The zero-order valence-corrected chi connectivity index (χ0v) is 16.0. The van der Waals surface area contributed by atoms with Crippen molar-refractivity contribution in [1.29, 1.82) is 0 Å². The predicted octanol–water partition coefficient (Wildman–Crippen LogP) is 5.10.